The Balaban J connectivity index is 2.56. The molecule has 0 unspecified atom stereocenters. The van der Waals surface area contributed by atoms with Gasteiger partial charge in [-0.25, -0.2) is 13.6 Å². The lowest BCUT2D eigenvalue weighted by molar-refractivity contribution is 0.0956. The summed E-state index contributed by atoms with van der Waals surface area (Å²) in [5, 5.41) is 15.9. The Hall–Kier alpha value is -1.88. The maximum absolute atomic E-state index is 11.7. The SMILES string of the molecule is NS(=O)(=O)CCNC(=O)c1ccc(C#CCCO)cc1. The fourth-order valence-electron chi connectivity index (χ4n) is 1.33. The van der Waals surface area contributed by atoms with E-state index in [0.717, 1.165) is 5.56 Å². The van der Waals surface area contributed by atoms with Crippen LogP contribution in [0.5, 0.6) is 0 Å². The summed E-state index contributed by atoms with van der Waals surface area (Å²) in [5.41, 5.74) is 1.15. The molecule has 0 saturated carbocycles. The van der Waals surface area contributed by atoms with Crippen LogP contribution in [-0.2, 0) is 10.0 Å². The van der Waals surface area contributed by atoms with Crippen molar-refractivity contribution in [3.8, 4) is 11.8 Å². The Bertz CT molecular complexity index is 612. The first-order chi connectivity index (χ1) is 9.42. The van der Waals surface area contributed by atoms with Crippen LogP contribution in [0.1, 0.15) is 22.3 Å². The zero-order valence-corrected chi connectivity index (χ0v) is 11.6. The predicted octanol–water partition coefficient (Wildman–Crippen LogP) is -0.561. The van der Waals surface area contributed by atoms with Crippen molar-refractivity contribution in [2.24, 2.45) is 5.14 Å². The molecule has 0 aliphatic heterocycles. The smallest absolute Gasteiger partial charge is 0.251 e. The van der Waals surface area contributed by atoms with E-state index < -0.39 is 10.0 Å². The van der Waals surface area contributed by atoms with Crippen molar-refractivity contribution in [1.82, 2.24) is 5.32 Å². The number of hydrogen-bond donors (Lipinski definition) is 3. The van der Waals surface area contributed by atoms with E-state index in [1.54, 1.807) is 24.3 Å². The zero-order valence-electron chi connectivity index (χ0n) is 10.8. The van der Waals surface area contributed by atoms with Gasteiger partial charge in [0.25, 0.3) is 5.91 Å². The second-order valence-electron chi connectivity index (χ2n) is 3.98. The molecule has 7 heteroatoms. The van der Waals surface area contributed by atoms with Gasteiger partial charge in [0, 0.05) is 24.1 Å². The van der Waals surface area contributed by atoms with Crippen LogP contribution in [-0.4, -0.2) is 38.3 Å². The lowest BCUT2D eigenvalue weighted by atomic mass is 10.1. The summed E-state index contributed by atoms with van der Waals surface area (Å²) in [4.78, 5) is 11.7. The molecule has 20 heavy (non-hydrogen) atoms. The van der Waals surface area contributed by atoms with Crippen molar-refractivity contribution in [3.05, 3.63) is 35.4 Å². The Morgan fingerprint density at radius 1 is 1.30 bits per heavy atom. The van der Waals surface area contributed by atoms with Crippen molar-refractivity contribution < 1.29 is 18.3 Å². The molecule has 4 N–H and O–H groups in total. The van der Waals surface area contributed by atoms with Crippen LogP contribution in [0.4, 0.5) is 0 Å². The van der Waals surface area contributed by atoms with Crippen LogP contribution >= 0.6 is 0 Å². The molecule has 108 valence electrons. The third kappa shape index (κ3) is 6.33. The van der Waals surface area contributed by atoms with E-state index in [9.17, 15) is 13.2 Å². The zero-order chi connectivity index (χ0) is 15.0. The van der Waals surface area contributed by atoms with Crippen LogP contribution in [0.25, 0.3) is 0 Å². The summed E-state index contributed by atoms with van der Waals surface area (Å²) in [6, 6.07) is 6.54. The lowest BCUT2D eigenvalue weighted by Crippen LogP contribution is -2.31. The van der Waals surface area contributed by atoms with Gasteiger partial charge in [-0.3, -0.25) is 4.79 Å². The first-order valence-electron chi connectivity index (χ1n) is 5.91. The molecule has 0 aliphatic carbocycles. The molecule has 0 aliphatic rings. The van der Waals surface area contributed by atoms with Gasteiger partial charge in [0.2, 0.25) is 10.0 Å². The first kappa shape index (κ1) is 16.2. The van der Waals surface area contributed by atoms with Crippen molar-refractivity contribution in [3.63, 3.8) is 0 Å². The second-order valence-corrected chi connectivity index (χ2v) is 5.71. The van der Waals surface area contributed by atoms with Gasteiger partial charge in [-0.2, -0.15) is 0 Å². The number of aliphatic hydroxyl groups excluding tert-OH is 1. The van der Waals surface area contributed by atoms with Gasteiger partial charge in [0.05, 0.1) is 12.4 Å². The van der Waals surface area contributed by atoms with Gasteiger partial charge in [-0.1, -0.05) is 11.8 Å². The van der Waals surface area contributed by atoms with Crippen molar-refractivity contribution in [2.45, 2.75) is 6.42 Å². The summed E-state index contributed by atoms with van der Waals surface area (Å²) in [5.74, 6) is 4.93. The van der Waals surface area contributed by atoms with Crippen LogP contribution in [0.15, 0.2) is 24.3 Å². The minimum absolute atomic E-state index is 0.0114. The Labute approximate surface area is 118 Å². The van der Waals surface area contributed by atoms with E-state index in [-0.39, 0.29) is 24.8 Å². The highest BCUT2D eigenvalue weighted by Gasteiger charge is 2.07. The van der Waals surface area contributed by atoms with E-state index in [1.807, 2.05) is 0 Å². The molecule has 0 saturated heterocycles. The summed E-state index contributed by atoms with van der Waals surface area (Å²) in [7, 11) is -3.57. The summed E-state index contributed by atoms with van der Waals surface area (Å²) in [6.07, 6.45) is 0.399. The molecule has 0 spiro atoms. The van der Waals surface area contributed by atoms with E-state index in [0.29, 0.717) is 12.0 Å². The largest absolute Gasteiger partial charge is 0.395 e. The quantitative estimate of drug-likeness (QED) is 0.633. The molecule has 1 amide bonds. The lowest BCUT2D eigenvalue weighted by Gasteiger charge is -2.04. The minimum Gasteiger partial charge on any atom is -0.395 e. The normalized spacial score (nSPS) is 10.5. The van der Waals surface area contributed by atoms with E-state index in [1.165, 1.54) is 0 Å². The maximum atomic E-state index is 11.7. The van der Waals surface area contributed by atoms with Gasteiger partial charge in [-0.15, -0.1) is 0 Å². The van der Waals surface area contributed by atoms with E-state index in [2.05, 4.69) is 17.2 Å². The number of nitrogens with one attached hydrogen (secondary N) is 1. The van der Waals surface area contributed by atoms with Crippen molar-refractivity contribution in [2.75, 3.05) is 18.9 Å². The molecule has 0 fully saturated rings. The molecule has 0 radical (unpaired) electrons. The number of rotatable bonds is 5. The molecule has 0 aromatic heterocycles. The van der Waals surface area contributed by atoms with Gasteiger partial charge < -0.3 is 10.4 Å². The molecule has 1 aromatic rings. The number of carbonyl (C=O) groups is 1. The predicted molar refractivity (Wildman–Crippen MR) is 75.3 cm³/mol. The third-order valence-corrected chi connectivity index (χ3v) is 3.06. The number of sulfonamides is 1. The monoisotopic (exact) mass is 296 g/mol. The number of carbonyl (C=O) groups excluding carboxylic acids is 1. The average molecular weight is 296 g/mol. The first-order valence-corrected chi connectivity index (χ1v) is 7.62. The highest BCUT2D eigenvalue weighted by Crippen LogP contribution is 2.03. The minimum atomic E-state index is -3.57. The molecule has 6 nitrogen and oxygen atoms in total. The molecule has 0 atom stereocenters. The van der Waals surface area contributed by atoms with E-state index in [4.69, 9.17) is 10.2 Å². The summed E-state index contributed by atoms with van der Waals surface area (Å²) >= 11 is 0. The number of benzene rings is 1. The molecule has 0 heterocycles. The number of hydrogen-bond acceptors (Lipinski definition) is 4. The van der Waals surface area contributed by atoms with Crippen LogP contribution in [0, 0.1) is 11.8 Å². The molecular weight excluding hydrogens is 280 g/mol. The third-order valence-electron chi connectivity index (χ3n) is 2.29. The van der Waals surface area contributed by atoms with Gasteiger partial charge >= 0.3 is 0 Å². The second kappa shape index (κ2) is 7.65. The Morgan fingerprint density at radius 2 is 1.95 bits per heavy atom. The number of aliphatic hydroxyl groups is 1. The fraction of sp³-hybridized carbons (Fsp3) is 0.308. The van der Waals surface area contributed by atoms with Gasteiger partial charge in [0.15, 0.2) is 0 Å². The fourth-order valence-corrected chi connectivity index (χ4v) is 1.72. The maximum Gasteiger partial charge on any atom is 0.251 e. The molecule has 0 bridgehead atoms. The standard InChI is InChI=1S/C13H16N2O4S/c14-20(18,19)10-8-15-13(17)12-6-4-11(5-7-12)3-1-2-9-16/h4-7,16H,2,8-10H2,(H,15,17)(H2,14,18,19). The number of primary sulfonamides is 1. The average Bonchev–Trinajstić information content (AvgIpc) is 2.38. The molecule has 1 aromatic carbocycles. The highest BCUT2D eigenvalue weighted by molar-refractivity contribution is 7.89. The van der Waals surface area contributed by atoms with Gasteiger partial charge in [-0.05, 0) is 24.3 Å². The molecule has 1 rings (SSSR count). The summed E-state index contributed by atoms with van der Waals surface area (Å²) in [6.45, 7) is -0.0206. The Morgan fingerprint density at radius 3 is 2.50 bits per heavy atom. The van der Waals surface area contributed by atoms with Crippen molar-refractivity contribution in [1.29, 1.82) is 0 Å². The Kier molecular flexibility index (Phi) is 6.18. The molecular formula is C13H16N2O4S. The highest BCUT2D eigenvalue weighted by atomic mass is 32.2. The van der Waals surface area contributed by atoms with Crippen LogP contribution in [0.2, 0.25) is 0 Å². The van der Waals surface area contributed by atoms with E-state index >= 15 is 0 Å². The topological polar surface area (TPSA) is 109 Å². The van der Waals surface area contributed by atoms with Gasteiger partial charge in [0.1, 0.15) is 0 Å². The van der Waals surface area contributed by atoms with Crippen LogP contribution in [0.3, 0.4) is 0 Å². The van der Waals surface area contributed by atoms with Crippen molar-refractivity contribution >= 4 is 15.9 Å². The number of amides is 1. The number of nitrogens with two attached hydrogens (primary N) is 1. The van der Waals surface area contributed by atoms with Crippen LogP contribution < -0.4 is 10.5 Å². The summed E-state index contributed by atoms with van der Waals surface area (Å²) < 4.78 is 21.4.